The van der Waals surface area contributed by atoms with Crippen LogP contribution in [0.2, 0.25) is 0 Å². The number of halogens is 7. The number of benzene rings is 2. The summed E-state index contributed by atoms with van der Waals surface area (Å²) in [5, 5.41) is 11.2. The number of non-ortho nitro benzene ring substituents is 1. The molecule has 7 nitrogen and oxygen atoms in total. The van der Waals surface area contributed by atoms with Crippen molar-refractivity contribution >= 4 is 32.2 Å². The number of hydrogen-bond donors (Lipinski definition) is 0. The first-order valence-electron chi connectivity index (χ1n) is 11.7. The molecule has 0 amide bonds. The van der Waals surface area contributed by atoms with Crippen molar-refractivity contribution in [3.8, 4) is 0 Å². The van der Waals surface area contributed by atoms with Crippen LogP contribution >= 0.6 is 11.3 Å². The Morgan fingerprint density at radius 2 is 1.69 bits per heavy atom. The number of alkyl halides is 6. The highest BCUT2D eigenvalue weighted by molar-refractivity contribution is 7.22. The van der Waals surface area contributed by atoms with Crippen molar-refractivity contribution in [2.75, 3.05) is 31.1 Å². The molecule has 208 valence electrons. The van der Waals surface area contributed by atoms with Gasteiger partial charge in [-0.2, -0.15) is 31.3 Å². The molecule has 2 saturated heterocycles. The maximum atomic E-state index is 13.9. The summed E-state index contributed by atoms with van der Waals surface area (Å²) in [6, 6.07) is 3.87. The van der Waals surface area contributed by atoms with Gasteiger partial charge in [0.25, 0.3) is 11.2 Å². The van der Waals surface area contributed by atoms with E-state index in [1.54, 1.807) is 4.90 Å². The Balaban J connectivity index is 1.27. The van der Waals surface area contributed by atoms with Crippen molar-refractivity contribution in [1.29, 1.82) is 0 Å². The normalized spacial score (nSPS) is 18.0. The zero-order valence-corrected chi connectivity index (χ0v) is 20.7. The Labute approximate surface area is 219 Å². The molecule has 15 heteroatoms. The van der Waals surface area contributed by atoms with E-state index in [0.29, 0.717) is 56.7 Å². The lowest BCUT2D eigenvalue weighted by Crippen LogP contribution is -2.59. The Hall–Kier alpha value is -3.33. The third-order valence-corrected chi connectivity index (χ3v) is 8.34. The van der Waals surface area contributed by atoms with Crippen molar-refractivity contribution < 1.29 is 35.7 Å². The van der Waals surface area contributed by atoms with E-state index < -0.39 is 50.9 Å². The second-order valence-corrected chi connectivity index (χ2v) is 10.9. The molecule has 0 unspecified atom stereocenters. The van der Waals surface area contributed by atoms with E-state index >= 15 is 0 Å². The van der Waals surface area contributed by atoms with Crippen LogP contribution in [0.5, 0.6) is 0 Å². The van der Waals surface area contributed by atoms with Gasteiger partial charge in [0.15, 0.2) is 5.13 Å². The van der Waals surface area contributed by atoms with Crippen LogP contribution in [0.1, 0.15) is 29.5 Å². The van der Waals surface area contributed by atoms with Crippen LogP contribution < -0.4 is 10.5 Å². The highest BCUT2D eigenvalue weighted by Gasteiger charge is 2.45. The van der Waals surface area contributed by atoms with E-state index in [-0.39, 0.29) is 21.8 Å². The number of hydrogen-bond acceptors (Lipinski definition) is 7. The summed E-state index contributed by atoms with van der Waals surface area (Å²) in [5.74, 6) is -1.32. The average Bonchev–Trinajstić information content (AvgIpc) is 2.81. The van der Waals surface area contributed by atoms with E-state index in [0.717, 1.165) is 23.5 Å². The molecule has 1 spiro atoms. The number of rotatable bonds is 4. The zero-order valence-electron chi connectivity index (χ0n) is 19.9. The molecular formula is C24H19F7N4O3S. The molecular weight excluding hydrogens is 557 g/mol. The van der Waals surface area contributed by atoms with Crippen LogP contribution in [0.25, 0.3) is 10.1 Å². The third-order valence-electron chi connectivity index (χ3n) is 7.17. The Bertz CT molecular complexity index is 1510. The van der Waals surface area contributed by atoms with E-state index in [4.69, 9.17) is 0 Å². The Morgan fingerprint density at radius 1 is 1.03 bits per heavy atom. The van der Waals surface area contributed by atoms with Crippen LogP contribution in [-0.2, 0) is 18.9 Å². The van der Waals surface area contributed by atoms with Gasteiger partial charge in [0, 0.05) is 38.8 Å². The van der Waals surface area contributed by atoms with Gasteiger partial charge in [-0.1, -0.05) is 17.4 Å². The molecule has 5 rings (SSSR count). The van der Waals surface area contributed by atoms with Crippen molar-refractivity contribution in [2.45, 2.75) is 31.7 Å². The lowest BCUT2D eigenvalue weighted by molar-refractivity contribution is -0.383. The summed E-state index contributed by atoms with van der Waals surface area (Å²) >= 11 is 0.794. The number of nitrogens with zero attached hydrogens (tertiary/aromatic N) is 4. The molecule has 2 aromatic carbocycles. The molecule has 2 aliphatic heterocycles. The lowest BCUT2D eigenvalue weighted by atomic mass is 9.72. The predicted octanol–water partition coefficient (Wildman–Crippen LogP) is 5.84. The fourth-order valence-corrected chi connectivity index (χ4v) is 6.34. The number of anilines is 1. The minimum Gasteiger partial charge on any atom is -0.348 e. The van der Waals surface area contributed by atoms with Crippen LogP contribution in [-0.4, -0.2) is 41.0 Å². The monoisotopic (exact) mass is 576 g/mol. The van der Waals surface area contributed by atoms with Gasteiger partial charge < -0.3 is 4.90 Å². The first-order chi connectivity index (χ1) is 18.1. The quantitative estimate of drug-likeness (QED) is 0.221. The van der Waals surface area contributed by atoms with Crippen molar-refractivity contribution in [3.63, 3.8) is 0 Å². The van der Waals surface area contributed by atoms with Crippen LogP contribution in [0, 0.1) is 21.3 Å². The molecule has 3 aromatic rings. The van der Waals surface area contributed by atoms with Crippen molar-refractivity contribution in [1.82, 2.24) is 9.88 Å². The van der Waals surface area contributed by atoms with Gasteiger partial charge in [-0.15, -0.1) is 0 Å². The van der Waals surface area contributed by atoms with Crippen LogP contribution in [0.15, 0.2) is 35.1 Å². The van der Waals surface area contributed by atoms with E-state index in [2.05, 4.69) is 4.98 Å². The molecule has 0 aliphatic carbocycles. The second-order valence-electron chi connectivity index (χ2n) is 9.87. The molecule has 0 radical (unpaired) electrons. The van der Waals surface area contributed by atoms with E-state index in [1.807, 2.05) is 4.90 Å². The third kappa shape index (κ3) is 5.29. The molecule has 0 bridgehead atoms. The Morgan fingerprint density at radius 3 is 2.26 bits per heavy atom. The number of likely N-dealkylation sites (tertiary alicyclic amines) is 1. The first kappa shape index (κ1) is 27.2. The standard InChI is InChI=1S/C24H19F7N4O3S/c25-17-7-13(1-2-16(17)24(29,30)31)10-33-11-22(12-33)3-5-34(6-4-22)21-32-20(36)15-8-14(23(26,27)28)9-18(35(37)38)19(15)39-21/h1-2,7-9H,3-6,10-12H2. The molecule has 2 aliphatic rings. The number of aromatic nitrogens is 1. The summed E-state index contributed by atoms with van der Waals surface area (Å²) in [4.78, 5) is 30.8. The van der Waals surface area contributed by atoms with E-state index in [9.17, 15) is 45.6 Å². The first-order valence-corrected chi connectivity index (χ1v) is 12.5. The minimum absolute atomic E-state index is 0.0869. The number of fused-ring (bicyclic) bond motifs is 1. The highest BCUT2D eigenvalue weighted by atomic mass is 32.1. The summed E-state index contributed by atoms with van der Waals surface area (Å²) in [6.45, 7) is 2.46. The second kappa shape index (κ2) is 9.40. The molecule has 1 aromatic heterocycles. The number of nitro benzene ring substituents is 1. The molecule has 3 heterocycles. The van der Waals surface area contributed by atoms with Crippen LogP contribution in [0.4, 0.5) is 41.6 Å². The van der Waals surface area contributed by atoms with E-state index in [1.165, 1.54) is 6.07 Å². The fourth-order valence-electron chi connectivity index (χ4n) is 5.22. The van der Waals surface area contributed by atoms with Gasteiger partial charge in [0.05, 0.1) is 21.4 Å². The Kier molecular flexibility index (Phi) is 6.57. The van der Waals surface area contributed by atoms with Crippen molar-refractivity contribution in [2.24, 2.45) is 5.41 Å². The van der Waals surface area contributed by atoms with Gasteiger partial charge in [-0.3, -0.25) is 19.8 Å². The predicted molar refractivity (Wildman–Crippen MR) is 128 cm³/mol. The topological polar surface area (TPSA) is 79.6 Å². The summed E-state index contributed by atoms with van der Waals surface area (Å²) in [7, 11) is 0. The SMILES string of the molecule is O=c1nc(N2CCC3(CC2)CN(Cc2ccc(C(F)(F)F)c(F)c2)C3)sc2c([N+](=O)[O-])cc(C(F)(F)F)cc12. The maximum absolute atomic E-state index is 13.9. The molecule has 0 saturated carbocycles. The molecule has 2 fully saturated rings. The molecule has 0 N–H and O–H groups in total. The summed E-state index contributed by atoms with van der Waals surface area (Å²) < 4.78 is 91.6. The van der Waals surface area contributed by atoms with Crippen molar-refractivity contribution in [3.05, 3.63) is 73.3 Å². The van der Waals surface area contributed by atoms with Gasteiger partial charge in [0.2, 0.25) is 0 Å². The van der Waals surface area contributed by atoms with Gasteiger partial charge in [-0.25, -0.2) is 4.39 Å². The smallest absolute Gasteiger partial charge is 0.348 e. The lowest BCUT2D eigenvalue weighted by Gasteiger charge is -2.54. The number of nitro groups is 1. The minimum atomic E-state index is -4.87. The van der Waals surface area contributed by atoms with Gasteiger partial charge in [0.1, 0.15) is 10.5 Å². The maximum Gasteiger partial charge on any atom is 0.419 e. The van der Waals surface area contributed by atoms with Gasteiger partial charge in [-0.05, 0) is 42.0 Å². The van der Waals surface area contributed by atoms with Gasteiger partial charge >= 0.3 is 12.4 Å². The highest BCUT2D eigenvalue weighted by Crippen LogP contribution is 2.44. The summed E-state index contributed by atoms with van der Waals surface area (Å²) in [5.41, 5.74) is -4.06. The zero-order chi connectivity index (χ0) is 28.3. The fraction of sp³-hybridized carbons (Fsp3) is 0.417. The number of piperidine rings is 1. The molecule has 0 atom stereocenters. The van der Waals surface area contributed by atoms with Crippen LogP contribution in [0.3, 0.4) is 0 Å². The average molecular weight is 576 g/mol. The largest absolute Gasteiger partial charge is 0.419 e. The summed E-state index contributed by atoms with van der Waals surface area (Å²) in [6.07, 6.45) is -8.30. The molecule has 39 heavy (non-hydrogen) atoms.